The average Bonchev–Trinajstić information content (AvgIpc) is 2.97. The molecule has 1 aliphatic rings. The van der Waals surface area contributed by atoms with Crippen LogP contribution in [0.2, 0.25) is 0 Å². The second-order valence-corrected chi connectivity index (χ2v) is 9.78. The number of halogens is 2. The highest BCUT2D eigenvalue weighted by Gasteiger charge is 2.51. The second-order valence-electron chi connectivity index (χ2n) is 9.78. The van der Waals surface area contributed by atoms with Crippen molar-refractivity contribution in [1.82, 2.24) is 9.88 Å². The van der Waals surface area contributed by atoms with Crippen LogP contribution in [0.15, 0.2) is 97.2 Å². The van der Waals surface area contributed by atoms with Gasteiger partial charge in [0.25, 0.3) is 5.91 Å². The normalized spacial score (nSPS) is 16.4. The highest BCUT2D eigenvalue weighted by atomic mass is 19.2. The number of carbonyl (C=O) groups excluding carboxylic acids is 1. The molecular formula is C32H31F2N3O. The number of aromatic nitrogens is 1. The molecule has 3 aromatic carbocycles. The van der Waals surface area contributed by atoms with Crippen LogP contribution in [0, 0.1) is 6.92 Å². The highest BCUT2D eigenvalue weighted by Crippen LogP contribution is 2.39. The predicted octanol–water partition coefficient (Wildman–Crippen LogP) is 7.31. The Kier molecular flexibility index (Phi) is 7.61. The van der Waals surface area contributed by atoms with Gasteiger partial charge in [-0.25, -0.2) is 8.78 Å². The van der Waals surface area contributed by atoms with E-state index in [-0.39, 0.29) is 5.56 Å². The average molecular weight is 512 g/mol. The quantitative estimate of drug-likeness (QED) is 0.265. The molecule has 0 aliphatic carbocycles. The number of nitrogens with one attached hydrogen (secondary N) is 1. The molecule has 0 spiro atoms. The molecule has 194 valence electrons. The molecule has 1 fully saturated rings. The minimum atomic E-state index is -2.58. The molecular weight excluding hydrogens is 480 g/mol. The van der Waals surface area contributed by atoms with Crippen LogP contribution in [0.4, 0.5) is 14.5 Å². The standard InChI is InChI=1S/C32H31F2N3O/c1-23-22-27(18-19-35-23)26-12-16-29(17-13-26)36-31(38)30(33)32(34,37-20-6-3-7-21-37)28-14-10-25(11-15-28)24-8-4-2-5-9-24/h2,4-5,8-19,22,30H,3,6-7,20-21H2,1H3,(H,36,38). The van der Waals surface area contributed by atoms with Crippen molar-refractivity contribution in [2.45, 2.75) is 38.2 Å². The number of piperidine rings is 1. The third-order valence-corrected chi connectivity index (χ3v) is 7.16. The van der Waals surface area contributed by atoms with Gasteiger partial charge in [-0.3, -0.25) is 14.7 Å². The number of carbonyl (C=O) groups is 1. The van der Waals surface area contributed by atoms with E-state index in [1.54, 1.807) is 42.6 Å². The molecule has 5 rings (SSSR count). The lowest BCUT2D eigenvalue weighted by Gasteiger charge is -2.41. The molecule has 2 heterocycles. The van der Waals surface area contributed by atoms with E-state index in [9.17, 15) is 4.79 Å². The lowest BCUT2D eigenvalue weighted by molar-refractivity contribution is -0.145. The van der Waals surface area contributed by atoms with E-state index in [2.05, 4.69) is 10.3 Å². The van der Waals surface area contributed by atoms with E-state index < -0.39 is 17.9 Å². The van der Waals surface area contributed by atoms with Crippen molar-refractivity contribution in [2.24, 2.45) is 0 Å². The van der Waals surface area contributed by atoms with E-state index in [0.717, 1.165) is 47.2 Å². The molecule has 1 amide bonds. The smallest absolute Gasteiger partial charge is 0.264 e. The number of rotatable bonds is 7. The second kappa shape index (κ2) is 11.2. The number of amides is 1. The van der Waals surface area contributed by atoms with Crippen molar-refractivity contribution in [3.8, 4) is 22.3 Å². The summed E-state index contributed by atoms with van der Waals surface area (Å²) >= 11 is 0. The van der Waals surface area contributed by atoms with Gasteiger partial charge in [0.2, 0.25) is 12.0 Å². The third-order valence-electron chi connectivity index (χ3n) is 7.16. The van der Waals surface area contributed by atoms with Crippen LogP contribution in [-0.4, -0.2) is 35.1 Å². The first-order chi connectivity index (χ1) is 18.4. The molecule has 6 heteroatoms. The molecule has 1 aliphatic heterocycles. The Labute approximate surface area is 222 Å². The van der Waals surface area contributed by atoms with Gasteiger partial charge in [-0.1, -0.05) is 73.2 Å². The Hall–Kier alpha value is -3.90. The maximum absolute atomic E-state index is 16.9. The van der Waals surface area contributed by atoms with Crippen LogP contribution in [0.3, 0.4) is 0 Å². The van der Waals surface area contributed by atoms with E-state index >= 15 is 8.78 Å². The fourth-order valence-electron chi connectivity index (χ4n) is 5.09. The lowest BCUT2D eigenvalue weighted by atomic mass is 9.92. The van der Waals surface area contributed by atoms with Crippen LogP contribution < -0.4 is 5.32 Å². The SMILES string of the molecule is Cc1cc(-c2ccc(NC(=O)C(F)C(F)(c3ccc(-c4ccccc4)cc3)N3CCCCC3)cc2)ccn1. The van der Waals surface area contributed by atoms with Gasteiger partial charge in [-0.2, -0.15) is 0 Å². The molecule has 2 atom stereocenters. The summed E-state index contributed by atoms with van der Waals surface area (Å²) in [7, 11) is 0. The molecule has 1 aromatic heterocycles. The first-order valence-corrected chi connectivity index (χ1v) is 13.0. The topological polar surface area (TPSA) is 45.2 Å². The number of pyridine rings is 1. The lowest BCUT2D eigenvalue weighted by Crippen LogP contribution is -2.55. The Morgan fingerprint density at radius 1 is 0.842 bits per heavy atom. The van der Waals surface area contributed by atoms with Crippen molar-refractivity contribution in [3.05, 3.63) is 108 Å². The zero-order valence-electron chi connectivity index (χ0n) is 21.4. The number of likely N-dealkylation sites (tertiary alicyclic amines) is 1. The van der Waals surface area contributed by atoms with Crippen LogP contribution in [0.25, 0.3) is 22.3 Å². The number of hydrogen-bond acceptors (Lipinski definition) is 3. The first-order valence-electron chi connectivity index (χ1n) is 13.0. The summed E-state index contributed by atoms with van der Waals surface area (Å²) in [5, 5.41) is 2.59. The minimum Gasteiger partial charge on any atom is -0.323 e. The number of alkyl halides is 2. The molecule has 1 saturated heterocycles. The Morgan fingerprint density at radius 2 is 1.45 bits per heavy atom. The van der Waals surface area contributed by atoms with Gasteiger partial charge in [-0.15, -0.1) is 0 Å². The van der Waals surface area contributed by atoms with E-state index in [0.29, 0.717) is 18.8 Å². The third kappa shape index (κ3) is 5.36. The zero-order valence-corrected chi connectivity index (χ0v) is 21.4. The summed E-state index contributed by atoms with van der Waals surface area (Å²) in [6, 6.07) is 27.4. The Bertz CT molecular complexity index is 1370. The molecule has 0 bridgehead atoms. The van der Waals surface area contributed by atoms with Crippen molar-refractivity contribution in [1.29, 1.82) is 0 Å². The van der Waals surface area contributed by atoms with Crippen LogP contribution >= 0.6 is 0 Å². The summed E-state index contributed by atoms with van der Waals surface area (Å²) < 4.78 is 32.9. The fraction of sp³-hybridized carbons (Fsp3) is 0.250. The summed E-state index contributed by atoms with van der Waals surface area (Å²) in [4.78, 5) is 18.8. The Morgan fingerprint density at radius 3 is 2.11 bits per heavy atom. The predicted molar refractivity (Wildman–Crippen MR) is 148 cm³/mol. The summed E-state index contributed by atoms with van der Waals surface area (Å²) in [5.74, 6) is -3.58. The maximum Gasteiger partial charge on any atom is 0.264 e. The molecule has 4 nitrogen and oxygen atoms in total. The number of anilines is 1. The van der Waals surface area contributed by atoms with Crippen molar-refractivity contribution in [2.75, 3.05) is 18.4 Å². The highest BCUT2D eigenvalue weighted by molar-refractivity contribution is 5.95. The molecule has 4 aromatic rings. The molecule has 1 N–H and O–H groups in total. The summed E-state index contributed by atoms with van der Waals surface area (Å²) in [5.41, 5.74) is 5.27. The van der Waals surface area contributed by atoms with E-state index in [1.165, 1.54) is 4.90 Å². The van der Waals surface area contributed by atoms with Crippen molar-refractivity contribution >= 4 is 11.6 Å². The monoisotopic (exact) mass is 511 g/mol. The van der Waals surface area contributed by atoms with Gasteiger partial charge in [0.05, 0.1) is 0 Å². The number of nitrogens with zero attached hydrogens (tertiary/aromatic N) is 2. The Balaban J connectivity index is 1.38. The number of hydrogen-bond donors (Lipinski definition) is 1. The maximum atomic E-state index is 16.9. The minimum absolute atomic E-state index is 0.144. The van der Waals surface area contributed by atoms with Gasteiger partial charge in [-0.05, 0) is 66.3 Å². The van der Waals surface area contributed by atoms with Gasteiger partial charge in [0, 0.05) is 36.2 Å². The molecule has 38 heavy (non-hydrogen) atoms. The van der Waals surface area contributed by atoms with Crippen molar-refractivity contribution < 1.29 is 13.6 Å². The summed E-state index contributed by atoms with van der Waals surface area (Å²) in [6.07, 6.45) is 1.81. The summed E-state index contributed by atoms with van der Waals surface area (Å²) in [6.45, 7) is 2.70. The first kappa shape index (κ1) is 25.7. The molecule has 0 radical (unpaired) electrons. The molecule has 0 saturated carbocycles. The number of benzene rings is 3. The van der Waals surface area contributed by atoms with Gasteiger partial charge in [0.1, 0.15) is 0 Å². The van der Waals surface area contributed by atoms with Crippen LogP contribution in [0.5, 0.6) is 0 Å². The van der Waals surface area contributed by atoms with Gasteiger partial charge < -0.3 is 5.32 Å². The van der Waals surface area contributed by atoms with Gasteiger partial charge in [0.15, 0.2) is 0 Å². The largest absolute Gasteiger partial charge is 0.323 e. The van der Waals surface area contributed by atoms with E-state index in [4.69, 9.17) is 0 Å². The van der Waals surface area contributed by atoms with Crippen LogP contribution in [0.1, 0.15) is 30.5 Å². The van der Waals surface area contributed by atoms with Gasteiger partial charge >= 0.3 is 0 Å². The van der Waals surface area contributed by atoms with E-state index in [1.807, 2.05) is 61.5 Å². The van der Waals surface area contributed by atoms with Crippen LogP contribution in [-0.2, 0) is 10.6 Å². The number of aryl methyl sites for hydroxylation is 1. The zero-order chi connectivity index (χ0) is 26.5. The molecule has 2 unspecified atom stereocenters. The van der Waals surface area contributed by atoms with Crippen molar-refractivity contribution in [3.63, 3.8) is 0 Å². The fourth-order valence-corrected chi connectivity index (χ4v) is 5.09.